The second kappa shape index (κ2) is 9.37. The number of aryl methyl sites for hydroxylation is 2. The number of carbonyl (C=O) groups is 2. The molecule has 0 saturated heterocycles. The van der Waals surface area contributed by atoms with Crippen molar-refractivity contribution in [2.75, 3.05) is 17.7 Å². The van der Waals surface area contributed by atoms with Gasteiger partial charge in [0.05, 0.1) is 16.3 Å². The van der Waals surface area contributed by atoms with E-state index in [9.17, 15) is 9.59 Å². The maximum atomic E-state index is 12.0. The van der Waals surface area contributed by atoms with Crippen LogP contribution in [0.2, 0.25) is 0 Å². The highest BCUT2D eigenvalue weighted by molar-refractivity contribution is 7.99. The molecule has 0 fully saturated rings. The van der Waals surface area contributed by atoms with Crippen molar-refractivity contribution >= 4 is 40.2 Å². The minimum absolute atomic E-state index is 0.100. The zero-order valence-corrected chi connectivity index (χ0v) is 16.7. The third-order valence-electron chi connectivity index (χ3n) is 4.25. The number of hydrogen-bond donors (Lipinski definition) is 1. The first kappa shape index (κ1) is 19.9. The van der Waals surface area contributed by atoms with Crippen LogP contribution in [-0.4, -0.2) is 29.2 Å². The van der Waals surface area contributed by atoms with E-state index >= 15 is 0 Å². The van der Waals surface area contributed by atoms with Crippen molar-refractivity contribution < 1.29 is 14.3 Å². The first-order chi connectivity index (χ1) is 13.5. The molecule has 1 N–H and O–H groups in total. The molecule has 0 aliphatic heterocycles. The number of pyridine rings is 1. The number of hydrogen-bond acceptors (Lipinski definition) is 5. The smallest absolute Gasteiger partial charge is 0.316 e. The summed E-state index contributed by atoms with van der Waals surface area (Å²) in [5, 5.41) is 4.57. The van der Waals surface area contributed by atoms with Crippen LogP contribution in [0.1, 0.15) is 18.1 Å². The SMILES string of the molecule is CCc1ccc(NC(=O)COC(=O)CSc2cc(C)c3ccccc3n2)cc1. The highest BCUT2D eigenvalue weighted by atomic mass is 32.2. The van der Waals surface area contributed by atoms with Gasteiger partial charge in [0.15, 0.2) is 6.61 Å². The average Bonchev–Trinajstić information content (AvgIpc) is 2.71. The van der Waals surface area contributed by atoms with Crippen LogP contribution in [-0.2, 0) is 20.7 Å². The summed E-state index contributed by atoms with van der Waals surface area (Å²) in [6.07, 6.45) is 0.940. The maximum absolute atomic E-state index is 12.0. The number of ether oxygens (including phenoxy) is 1. The molecule has 0 spiro atoms. The van der Waals surface area contributed by atoms with Crippen LogP contribution in [0.25, 0.3) is 10.9 Å². The van der Waals surface area contributed by atoms with Gasteiger partial charge in [0.25, 0.3) is 5.91 Å². The number of rotatable bonds is 7. The van der Waals surface area contributed by atoms with Gasteiger partial charge in [-0.1, -0.05) is 49.0 Å². The first-order valence-corrected chi connectivity index (χ1v) is 10.1. The normalized spacial score (nSPS) is 10.6. The van der Waals surface area contributed by atoms with Crippen LogP contribution < -0.4 is 5.32 Å². The minimum atomic E-state index is -0.450. The summed E-state index contributed by atoms with van der Waals surface area (Å²) in [6.45, 7) is 3.78. The second-order valence-electron chi connectivity index (χ2n) is 6.34. The number of esters is 1. The fraction of sp³-hybridized carbons (Fsp3) is 0.227. The number of amides is 1. The van der Waals surface area contributed by atoms with Crippen molar-refractivity contribution in [1.82, 2.24) is 4.98 Å². The zero-order chi connectivity index (χ0) is 19.9. The molecule has 0 aliphatic carbocycles. The predicted molar refractivity (Wildman–Crippen MR) is 113 cm³/mol. The number of anilines is 1. The van der Waals surface area contributed by atoms with Crippen molar-refractivity contribution in [3.8, 4) is 0 Å². The van der Waals surface area contributed by atoms with Gasteiger partial charge in [-0.3, -0.25) is 9.59 Å². The Morgan fingerprint density at radius 2 is 1.86 bits per heavy atom. The van der Waals surface area contributed by atoms with Gasteiger partial charge in [0.2, 0.25) is 0 Å². The maximum Gasteiger partial charge on any atom is 0.316 e. The molecule has 0 atom stereocenters. The summed E-state index contributed by atoms with van der Waals surface area (Å²) >= 11 is 1.30. The molecule has 1 amide bonds. The predicted octanol–water partition coefficient (Wildman–Crippen LogP) is 4.38. The quantitative estimate of drug-likeness (QED) is 0.476. The van der Waals surface area contributed by atoms with E-state index in [1.165, 1.54) is 17.3 Å². The van der Waals surface area contributed by atoms with Crippen LogP contribution in [0, 0.1) is 6.92 Å². The number of aromatic nitrogens is 1. The molecule has 3 aromatic rings. The molecule has 0 radical (unpaired) electrons. The van der Waals surface area contributed by atoms with Crippen LogP contribution >= 0.6 is 11.8 Å². The Bertz CT molecular complexity index is 987. The zero-order valence-electron chi connectivity index (χ0n) is 15.9. The number of carbonyl (C=O) groups excluding carboxylic acids is 2. The van der Waals surface area contributed by atoms with Gasteiger partial charge in [-0.05, 0) is 48.7 Å². The van der Waals surface area contributed by atoms with E-state index in [2.05, 4.69) is 17.2 Å². The van der Waals surface area contributed by atoms with Gasteiger partial charge in [-0.15, -0.1) is 0 Å². The van der Waals surface area contributed by atoms with Crippen molar-refractivity contribution in [2.45, 2.75) is 25.3 Å². The monoisotopic (exact) mass is 394 g/mol. The molecule has 1 heterocycles. The Hall–Kier alpha value is -2.86. The van der Waals surface area contributed by atoms with Crippen molar-refractivity contribution in [3.63, 3.8) is 0 Å². The molecular formula is C22H22N2O3S. The molecule has 6 heteroatoms. The lowest BCUT2D eigenvalue weighted by Gasteiger charge is -2.08. The molecule has 0 bridgehead atoms. The molecule has 5 nitrogen and oxygen atoms in total. The summed E-state index contributed by atoms with van der Waals surface area (Å²) in [4.78, 5) is 28.4. The van der Waals surface area contributed by atoms with E-state index < -0.39 is 5.97 Å². The van der Waals surface area contributed by atoms with Crippen molar-refractivity contribution in [1.29, 1.82) is 0 Å². The fourth-order valence-electron chi connectivity index (χ4n) is 2.73. The number of nitrogens with one attached hydrogen (secondary N) is 1. The molecule has 28 heavy (non-hydrogen) atoms. The van der Waals surface area contributed by atoms with Crippen molar-refractivity contribution in [3.05, 3.63) is 65.7 Å². The average molecular weight is 394 g/mol. The fourth-order valence-corrected chi connectivity index (χ4v) is 3.51. The standard InChI is InChI=1S/C22H22N2O3S/c1-3-16-8-10-17(11-9-16)23-20(25)13-27-22(26)14-28-21-12-15(2)18-6-4-5-7-19(18)24-21/h4-12H,3,13-14H2,1-2H3,(H,23,25). The third-order valence-corrected chi connectivity index (χ3v) is 5.13. The number of benzene rings is 2. The number of fused-ring (bicyclic) bond motifs is 1. The number of para-hydroxylation sites is 1. The highest BCUT2D eigenvalue weighted by Crippen LogP contribution is 2.23. The van der Waals surface area contributed by atoms with Gasteiger partial charge in [-0.2, -0.15) is 0 Å². The van der Waals surface area contributed by atoms with Crippen LogP contribution in [0.5, 0.6) is 0 Å². The van der Waals surface area contributed by atoms with E-state index in [1.807, 2.05) is 61.5 Å². The molecule has 144 valence electrons. The summed E-state index contributed by atoms with van der Waals surface area (Å²) < 4.78 is 5.06. The summed E-state index contributed by atoms with van der Waals surface area (Å²) in [5.74, 6) is -0.708. The summed E-state index contributed by atoms with van der Waals surface area (Å²) in [7, 11) is 0. The Balaban J connectivity index is 1.47. The molecule has 3 rings (SSSR count). The van der Waals surface area contributed by atoms with Gasteiger partial charge in [-0.25, -0.2) is 4.98 Å². The van der Waals surface area contributed by atoms with E-state index in [-0.39, 0.29) is 18.3 Å². The van der Waals surface area contributed by atoms with Crippen LogP contribution in [0.3, 0.4) is 0 Å². The molecule has 2 aromatic carbocycles. The highest BCUT2D eigenvalue weighted by Gasteiger charge is 2.10. The lowest BCUT2D eigenvalue weighted by Crippen LogP contribution is -2.21. The van der Waals surface area contributed by atoms with E-state index in [0.29, 0.717) is 5.69 Å². The summed E-state index contributed by atoms with van der Waals surface area (Å²) in [6, 6.07) is 17.4. The van der Waals surface area contributed by atoms with E-state index in [4.69, 9.17) is 4.74 Å². The second-order valence-corrected chi connectivity index (χ2v) is 7.34. The van der Waals surface area contributed by atoms with Gasteiger partial charge in [0.1, 0.15) is 0 Å². The Kier molecular flexibility index (Phi) is 6.66. The van der Waals surface area contributed by atoms with E-state index in [1.54, 1.807) is 0 Å². The number of nitrogens with zero attached hydrogens (tertiary/aromatic N) is 1. The largest absolute Gasteiger partial charge is 0.455 e. The van der Waals surface area contributed by atoms with Crippen LogP contribution in [0.15, 0.2) is 59.6 Å². The molecule has 0 unspecified atom stereocenters. The van der Waals surface area contributed by atoms with Crippen LogP contribution in [0.4, 0.5) is 5.69 Å². The molecule has 0 aliphatic rings. The lowest BCUT2D eigenvalue weighted by molar-refractivity contribution is -0.144. The van der Waals surface area contributed by atoms with Gasteiger partial charge >= 0.3 is 5.97 Å². The lowest BCUT2D eigenvalue weighted by atomic mass is 10.1. The van der Waals surface area contributed by atoms with Crippen molar-refractivity contribution in [2.24, 2.45) is 0 Å². The molecule has 0 saturated carbocycles. The Labute approximate surface area is 168 Å². The molecule has 1 aromatic heterocycles. The van der Waals surface area contributed by atoms with Gasteiger partial charge < -0.3 is 10.1 Å². The Morgan fingerprint density at radius 1 is 1.11 bits per heavy atom. The molecular weight excluding hydrogens is 372 g/mol. The summed E-state index contributed by atoms with van der Waals surface area (Å²) in [5.41, 5.74) is 3.88. The topological polar surface area (TPSA) is 68.3 Å². The van der Waals surface area contributed by atoms with Gasteiger partial charge in [0, 0.05) is 11.1 Å². The minimum Gasteiger partial charge on any atom is -0.455 e. The van der Waals surface area contributed by atoms with E-state index in [0.717, 1.165) is 27.9 Å². The Morgan fingerprint density at radius 3 is 2.61 bits per heavy atom. The first-order valence-electron chi connectivity index (χ1n) is 9.08. The number of thioether (sulfide) groups is 1. The third kappa shape index (κ3) is 5.33.